The molecular weight excluding hydrogens is 746 g/mol. The summed E-state index contributed by atoms with van der Waals surface area (Å²) in [5.74, 6) is -0.207. The van der Waals surface area contributed by atoms with E-state index in [1.165, 1.54) is 25.5 Å². The monoisotopic (exact) mass is 782 g/mol. The van der Waals surface area contributed by atoms with E-state index in [0.717, 1.165) is 24.6 Å². The van der Waals surface area contributed by atoms with E-state index < -0.39 is 44.2 Å². The van der Waals surface area contributed by atoms with Crippen LogP contribution in [-0.4, -0.2) is 79.9 Å². The number of esters is 1. The average molecular weight is 783 g/mol. The molecule has 0 amide bonds. The minimum absolute atomic E-state index is 0.0721. The fourth-order valence-electron chi connectivity index (χ4n) is 5.18. The maximum absolute atomic E-state index is 13.0. The van der Waals surface area contributed by atoms with Gasteiger partial charge >= 0.3 is 14.1 Å². The lowest BCUT2D eigenvalue weighted by atomic mass is 9.96. The molecule has 2 unspecified atom stereocenters. The minimum atomic E-state index is -2.71. The molecule has 1 aliphatic rings. The van der Waals surface area contributed by atoms with Crippen LogP contribution in [0.4, 0.5) is 5.95 Å². The first-order valence-corrected chi connectivity index (χ1v) is 17.1. The molecule has 1 saturated heterocycles. The first-order chi connectivity index (χ1) is 22.5. The molecule has 17 heteroatoms. The summed E-state index contributed by atoms with van der Waals surface area (Å²) >= 11 is 1.96. The number of aliphatic hydroxyl groups excluding tert-OH is 1. The number of halogens is 1. The van der Waals surface area contributed by atoms with Crippen molar-refractivity contribution in [1.82, 2.24) is 19.5 Å². The number of carbonyl (C=O) groups excluding carboxylic acids is 1. The molecule has 0 spiro atoms. The van der Waals surface area contributed by atoms with Crippen LogP contribution in [0.5, 0.6) is 17.4 Å². The van der Waals surface area contributed by atoms with E-state index in [1.54, 1.807) is 24.3 Å². The van der Waals surface area contributed by atoms with Crippen LogP contribution in [0.15, 0.2) is 41.1 Å². The third-order valence-corrected chi connectivity index (χ3v) is 9.32. The highest BCUT2D eigenvalue weighted by molar-refractivity contribution is 14.1. The lowest BCUT2D eigenvalue weighted by Gasteiger charge is -2.27. The van der Waals surface area contributed by atoms with Crippen LogP contribution in [0.2, 0.25) is 0 Å². The molecule has 0 radical (unpaired) electrons. The lowest BCUT2D eigenvalue weighted by molar-refractivity contribution is -0.169. The quantitative estimate of drug-likeness (QED) is 0.0583. The van der Waals surface area contributed by atoms with Gasteiger partial charge in [0.2, 0.25) is 17.6 Å². The van der Waals surface area contributed by atoms with E-state index in [2.05, 4.69) is 19.7 Å². The number of hydrogen-bond donors (Lipinski definition) is 3. The Morgan fingerprint density at radius 1 is 1.26 bits per heavy atom. The van der Waals surface area contributed by atoms with Gasteiger partial charge in [-0.15, -0.1) is 0 Å². The van der Waals surface area contributed by atoms with E-state index >= 15 is 0 Å². The molecule has 1 fully saturated rings. The largest absolute Gasteiger partial charge is 0.575 e. The maximum atomic E-state index is 13.0. The molecule has 0 aliphatic carbocycles. The molecule has 3 heterocycles. The Labute approximate surface area is 285 Å². The smallest absolute Gasteiger partial charge is 0.395 e. The molecule has 4 N–H and O–H groups in total. The molecule has 2 aromatic carbocycles. The van der Waals surface area contributed by atoms with Crippen molar-refractivity contribution in [2.24, 2.45) is 4.74 Å². The summed E-state index contributed by atoms with van der Waals surface area (Å²) in [4.78, 5) is 38.2. The summed E-state index contributed by atoms with van der Waals surface area (Å²) < 4.78 is 34.5. The number of fused-ring (bicyclic) bond motifs is 2. The highest BCUT2D eigenvalue weighted by Gasteiger charge is 2.54. The number of ether oxygens (including phenoxy) is 4. The molecule has 6 atom stereocenters. The number of aromatic nitrogens is 4. The number of benzene rings is 2. The summed E-state index contributed by atoms with van der Waals surface area (Å²) in [5, 5.41) is 24.0. The summed E-state index contributed by atoms with van der Waals surface area (Å²) in [6.07, 6.45) is -0.946. The van der Waals surface area contributed by atoms with Crippen molar-refractivity contribution < 1.29 is 43.4 Å². The topological polar surface area (TPSA) is 209 Å². The fourth-order valence-corrected chi connectivity index (χ4v) is 6.67. The second-order valence-electron chi connectivity index (χ2n) is 11.1. The number of unbranched alkanes of at least 4 members (excludes halogenated alkanes) is 2. The van der Waals surface area contributed by atoms with Gasteiger partial charge in [-0.1, -0.05) is 54.8 Å². The van der Waals surface area contributed by atoms with Gasteiger partial charge in [-0.3, -0.25) is 9.09 Å². The van der Waals surface area contributed by atoms with E-state index in [1.807, 2.05) is 41.6 Å². The average Bonchev–Trinajstić information content (AvgIpc) is 3.48. The number of hydrogen-bond acceptors (Lipinski definition) is 14. The van der Waals surface area contributed by atoms with Gasteiger partial charge < -0.3 is 39.8 Å². The van der Waals surface area contributed by atoms with Crippen LogP contribution < -0.4 is 24.6 Å². The van der Waals surface area contributed by atoms with Crippen molar-refractivity contribution in [1.29, 1.82) is 0 Å². The number of nitrogen functional groups attached to an aromatic ring is 1. The third kappa shape index (κ3) is 7.37. The first-order valence-electron chi connectivity index (χ1n) is 14.9. The zero-order valence-electron chi connectivity index (χ0n) is 26.2. The van der Waals surface area contributed by atoms with Gasteiger partial charge in [0.15, 0.2) is 33.0 Å². The van der Waals surface area contributed by atoms with E-state index in [0.29, 0.717) is 14.7 Å². The molecule has 1 aliphatic heterocycles. The van der Waals surface area contributed by atoms with E-state index in [-0.39, 0.29) is 42.2 Å². The number of rotatable bonds is 13. The number of anilines is 1. The third-order valence-electron chi connectivity index (χ3n) is 7.68. The zero-order chi connectivity index (χ0) is 33.9. The van der Waals surface area contributed by atoms with Crippen LogP contribution in [0.1, 0.15) is 46.3 Å². The second kappa shape index (κ2) is 14.8. The van der Waals surface area contributed by atoms with Gasteiger partial charge in [-0.2, -0.15) is 9.97 Å². The summed E-state index contributed by atoms with van der Waals surface area (Å²) in [6.45, 7) is 4.99. The molecule has 15 nitrogen and oxygen atoms in total. The number of carbonyl (C=O) groups is 1. The first kappa shape index (κ1) is 34.9. The standard InChI is InChI=1S/C30H36IN6O9P/c1-5-6-9-14-43-26(39)16(2)36-47(41)46-22-18-11-8-7-10-17(18)12-13-19(22)44-15-20-23(38)30(3,40)27(45-20)37-24-21(33-28(37)31)25(42-4)35-29(32)34-24/h7-8,10-13,16,20,23,27,38,40H,5-6,9,14-15H2,1-4H3,(H2,32,34,35)/t16?,20-,23-,27-,30-/m1/s1. The maximum Gasteiger partial charge on any atom is 0.395 e. The summed E-state index contributed by atoms with van der Waals surface area (Å²) in [7, 11) is -1.29. The Hall–Kier alpha value is -3.41. The molecule has 0 bridgehead atoms. The lowest BCUT2D eigenvalue weighted by Crippen LogP contribution is -2.45. The highest BCUT2D eigenvalue weighted by Crippen LogP contribution is 2.43. The Balaban J connectivity index is 1.37. The van der Waals surface area contributed by atoms with E-state index in [9.17, 15) is 19.9 Å². The zero-order valence-corrected chi connectivity index (χ0v) is 29.3. The Morgan fingerprint density at radius 3 is 2.77 bits per heavy atom. The summed E-state index contributed by atoms with van der Waals surface area (Å²) in [6, 6.07) is 9.65. The molecule has 2 aromatic heterocycles. The van der Waals surface area contributed by atoms with Crippen molar-refractivity contribution in [2.75, 3.05) is 26.1 Å². The van der Waals surface area contributed by atoms with Gasteiger partial charge in [0.25, 0.3) is 0 Å². The van der Waals surface area contributed by atoms with Gasteiger partial charge in [0, 0.05) is 28.0 Å². The second-order valence-corrected chi connectivity index (χ2v) is 13.0. The molecule has 4 aromatic rings. The number of aliphatic hydroxyl groups is 2. The van der Waals surface area contributed by atoms with Crippen LogP contribution in [0.3, 0.4) is 0 Å². The number of nitrogens with two attached hydrogens (primary N) is 1. The van der Waals surface area contributed by atoms with Gasteiger partial charge in [0.05, 0.1) is 13.7 Å². The number of imidazole rings is 1. The fraction of sp³-hybridized carbons (Fsp3) is 0.467. The van der Waals surface area contributed by atoms with Crippen LogP contribution in [-0.2, 0) is 14.3 Å². The van der Waals surface area contributed by atoms with Gasteiger partial charge in [-0.25, -0.2) is 9.78 Å². The normalized spacial score (nSPS) is 22.0. The van der Waals surface area contributed by atoms with Crippen LogP contribution in [0.25, 0.3) is 21.9 Å². The highest BCUT2D eigenvalue weighted by atomic mass is 127. The predicted octanol–water partition coefficient (Wildman–Crippen LogP) is 3.62. The van der Waals surface area contributed by atoms with Crippen molar-refractivity contribution in [3.63, 3.8) is 0 Å². The van der Waals surface area contributed by atoms with Crippen molar-refractivity contribution in [2.45, 2.75) is 70.1 Å². The van der Waals surface area contributed by atoms with Crippen LogP contribution >= 0.6 is 30.8 Å². The molecule has 0 saturated carbocycles. The molecule has 47 heavy (non-hydrogen) atoms. The van der Waals surface area contributed by atoms with Crippen molar-refractivity contribution in [3.8, 4) is 17.4 Å². The van der Waals surface area contributed by atoms with Crippen molar-refractivity contribution >= 4 is 64.6 Å². The van der Waals surface area contributed by atoms with E-state index in [4.69, 9.17) is 29.2 Å². The summed E-state index contributed by atoms with van der Waals surface area (Å²) in [5.41, 5.74) is 4.62. The van der Waals surface area contributed by atoms with Crippen LogP contribution in [0, 0.1) is 3.83 Å². The number of nitrogens with zero attached hydrogens (tertiary/aromatic N) is 5. The Kier molecular flexibility index (Phi) is 11.0. The predicted molar refractivity (Wildman–Crippen MR) is 179 cm³/mol. The molecular formula is C30H36IN6O9P. The Morgan fingerprint density at radius 2 is 2.02 bits per heavy atom. The van der Waals surface area contributed by atoms with Gasteiger partial charge in [-0.05, 0) is 31.7 Å². The van der Waals surface area contributed by atoms with Gasteiger partial charge in [0.1, 0.15) is 24.4 Å². The number of methoxy groups -OCH3 is 1. The molecule has 252 valence electrons. The Bertz CT molecular complexity index is 1790. The molecule has 5 rings (SSSR count). The minimum Gasteiger partial charge on any atom is -0.575 e. The SMILES string of the molecule is CCCCCOC(=O)C(C)N=[P+]([O-])Oc1c(OC[C@H]2O[C@@H](n3c(I)nc4c(OC)nc(N)nc43)[C@](C)(O)[C@@H]2O)ccc2ccccc12. The van der Waals surface area contributed by atoms with Crippen molar-refractivity contribution in [3.05, 3.63) is 40.2 Å².